The van der Waals surface area contributed by atoms with E-state index in [0.717, 1.165) is 19.0 Å². The first kappa shape index (κ1) is 8.14. The second-order valence-corrected chi connectivity index (χ2v) is 3.33. The van der Waals surface area contributed by atoms with Crippen LogP contribution in [0.25, 0.3) is 0 Å². The highest BCUT2D eigenvalue weighted by molar-refractivity contribution is 6.24. The van der Waals surface area contributed by atoms with Crippen LogP contribution >= 0.6 is 0 Å². The Hall–Kier alpha value is 0.137. The van der Waals surface area contributed by atoms with E-state index in [4.69, 9.17) is 0 Å². The number of hydrogen-bond acceptors (Lipinski definition) is 1. The second kappa shape index (κ2) is 5.28. The Bertz CT molecular complexity index is 49.7. The van der Waals surface area contributed by atoms with Crippen LogP contribution < -0.4 is 0 Å². The lowest BCUT2D eigenvalue weighted by molar-refractivity contribution is 0.401. The van der Waals surface area contributed by atoms with Crippen molar-refractivity contribution >= 4 is 9.76 Å². The van der Waals surface area contributed by atoms with Gasteiger partial charge in [-0.2, -0.15) is 0 Å². The Kier molecular flexibility index (Phi) is 5.37. The van der Waals surface area contributed by atoms with Gasteiger partial charge in [0.1, 0.15) is 0 Å². The number of rotatable bonds is 4. The standard InChI is InChI=1S/C5H14NOSi/c1-6(2)4-3-5-8-7/h3-5,8H2,1-2H3. The third-order valence-corrected chi connectivity index (χ3v) is 1.79. The van der Waals surface area contributed by atoms with Crippen molar-refractivity contribution in [3.8, 4) is 0 Å². The summed E-state index contributed by atoms with van der Waals surface area (Å²) in [6, 6.07) is 0.957. The third-order valence-electron chi connectivity index (χ3n) is 1.000. The molecule has 0 heterocycles. The molecule has 0 spiro atoms. The van der Waals surface area contributed by atoms with Crippen molar-refractivity contribution in [2.45, 2.75) is 12.5 Å². The first-order valence-electron chi connectivity index (χ1n) is 3.00. The maximum atomic E-state index is 10.0. The minimum Gasteiger partial charge on any atom is -0.309 e. The van der Waals surface area contributed by atoms with Crippen molar-refractivity contribution in [3.63, 3.8) is 0 Å². The summed E-state index contributed by atoms with van der Waals surface area (Å²) in [6.07, 6.45) is 1.10. The van der Waals surface area contributed by atoms with E-state index in [1.807, 2.05) is 14.1 Å². The fourth-order valence-electron chi connectivity index (χ4n) is 0.530. The smallest absolute Gasteiger partial charge is 0.207 e. The molecule has 0 rings (SSSR count). The van der Waals surface area contributed by atoms with E-state index in [0.29, 0.717) is 0 Å². The molecule has 0 aliphatic carbocycles. The van der Waals surface area contributed by atoms with Crippen LogP contribution in [-0.4, -0.2) is 35.3 Å². The summed E-state index contributed by atoms with van der Waals surface area (Å²) in [4.78, 5) is 12.1. The SMILES string of the molecule is CN(C)CCC[SiH2][O]. The maximum Gasteiger partial charge on any atom is 0.207 e. The molecule has 0 saturated carbocycles. The Labute approximate surface area is 53.5 Å². The minimum atomic E-state index is -0.906. The van der Waals surface area contributed by atoms with Gasteiger partial charge in [-0.05, 0) is 33.1 Å². The normalized spacial score (nSPS) is 12.0. The van der Waals surface area contributed by atoms with Gasteiger partial charge in [-0.1, -0.05) is 0 Å². The van der Waals surface area contributed by atoms with Gasteiger partial charge >= 0.3 is 0 Å². The zero-order valence-corrected chi connectivity index (χ0v) is 7.10. The van der Waals surface area contributed by atoms with Crippen LogP contribution in [0.5, 0.6) is 0 Å². The second-order valence-electron chi connectivity index (χ2n) is 2.21. The lowest BCUT2D eigenvalue weighted by Gasteiger charge is -2.06. The van der Waals surface area contributed by atoms with Crippen LogP contribution in [0.3, 0.4) is 0 Å². The molecule has 0 unspecified atom stereocenters. The molecule has 0 aromatic heterocycles. The summed E-state index contributed by atoms with van der Waals surface area (Å²) in [7, 11) is 3.16. The lowest BCUT2D eigenvalue weighted by Crippen LogP contribution is -2.12. The van der Waals surface area contributed by atoms with E-state index in [2.05, 4.69) is 4.90 Å². The highest BCUT2D eigenvalue weighted by atomic mass is 28.2. The molecule has 49 valence electrons. The first-order valence-corrected chi connectivity index (χ1v) is 4.58. The molecule has 0 aliphatic heterocycles. The summed E-state index contributed by atoms with van der Waals surface area (Å²) in [5.41, 5.74) is 0. The van der Waals surface area contributed by atoms with Gasteiger partial charge in [0.05, 0.1) is 0 Å². The highest BCUT2D eigenvalue weighted by Crippen LogP contribution is 1.87. The molecular formula is C5H14NOSi. The largest absolute Gasteiger partial charge is 0.309 e. The molecule has 0 aromatic carbocycles. The molecule has 3 heteroatoms. The summed E-state index contributed by atoms with van der Waals surface area (Å²) >= 11 is 0. The quantitative estimate of drug-likeness (QED) is 0.386. The highest BCUT2D eigenvalue weighted by Gasteiger charge is 1.88. The molecule has 0 amide bonds. The first-order chi connectivity index (χ1) is 3.77. The molecule has 0 aromatic rings. The average molecular weight is 132 g/mol. The van der Waals surface area contributed by atoms with Crippen molar-refractivity contribution in [1.29, 1.82) is 0 Å². The molecule has 8 heavy (non-hydrogen) atoms. The zero-order chi connectivity index (χ0) is 6.41. The Morgan fingerprint density at radius 3 is 2.50 bits per heavy atom. The lowest BCUT2D eigenvalue weighted by atomic mass is 10.5. The molecule has 1 radical (unpaired) electrons. The van der Waals surface area contributed by atoms with Crippen LogP contribution in [0.1, 0.15) is 6.42 Å². The summed E-state index contributed by atoms with van der Waals surface area (Å²) < 4.78 is 0. The van der Waals surface area contributed by atoms with E-state index >= 15 is 0 Å². The van der Waals surface area contributed by atoms with Crippen LogP contribution in [0.4, 0.5) is 0 Å². The van der Waals surface area contributed by atoms with E-state index in [1.165, 1.54) is 0 Å². The van der Waals surface area contributed by atoms with Gasteiger partial charge in [0.15, 0.2) is 0 Å². The zero-order valence-electron chi connectivity index (χ0n) is 5.68. The summed E-state index contributed by atoms with van der Waals surface area (Å²) in [6.45, 7) is 1.08. The molecule has 0 N–H and O–H groups in total. The average Bonchev–Trinajstić information content (AvgIpc) is 1.66. The van der Waals surface area contributed by atoms with Crippen molar-refractivity contribution in [3.05, 3.63) is 0 Å². The van der Waals surface area contributed by atoms with E-state index in [-0.39, 0.29) is 0 Å². The van der Waals surface area contributed by atoms with Gasteiger partial charge in [-0.3, -0.25) is 0 Å². The van der Waals surface area contributed by atoms with Gasteiger partial charge in [0, 0.05) is 0 Å². The fourth-order valence-corrected chi connectivity index (χ4v) is 0.958. The fraction of sp³-hybridized carbons (Fsp3) is 1.00. The molecule has 2 nitrogen and oxygen atoms in total. The van der Waals surface area contributed by atoms with E-state index in [9.17, 15) is 4.80 Å². The summed E-state index contributed by atoms with van der Waals surface area (Å²) in [5.74, 6) is 0. The van der Waals surface area contributed by atoms with Crippen LogP contribution in [-0.2, 0) is 4.80 Å². The Morgan fingerprint density at radius 1 is 1.50 bits per heavy atom. The van der Waals surface area contributed by atoms with Gasteiger partial charge < -0.3 is 9.70 Å². The number of hydrogen-bond donors (Lipinski definition) is 0. The topological polar surface area (TPSA) is 23.1 Å². The monoisotopic (exact) mass is 132 g/mol. The molecule has 0 bridgehead atoms. The van der Waals surface area contributed by atoms with E-state index in [1.54, 1.807) is 0 Å². The predicted molar refractivity (Wildman–Crippen MR) is 37.2 cm³/mol. The molecule has 0 saturated heterocycles. The maximum absolute atomic E-state index is 10.0. The number of nitrogens with zero attached hydrogens (tertiary/aromatic N) is 1. The van der Waals surface area contributed by atoms with Crippen molar-refractivity contribution in [1.82, 2.24) is 4.90 Å². The van der Waals surface area contributed by atoms with Crippen molar-refractivity contribution in [2.24, 2.45) is 0 Å². The van der Waals surface area contributed by atoms with Crippen LogP contribution in [0.2, 0.25) is 6.04 Å². The van der Waals surface area contributed by atoms with Gasteiger partial charge in [-0.25, -0.2) is 0 Å². The molecule has 0 aliphatic rings. The third kappa shape index (κ3) is 6.14. The van der Waals surface area contributed by atoms with Gasteiger partial charge in [-0.15, -0.1) is 0 Å². The molecule has 0 fully saturated rings. The van der Waals surface area contributed by atoms with Crippen molar-refractivity contribution < 1.29 is 4.80 Å². The minimum absolute atomic E-state index is 0.906. The van der Waals surface area contributed by atoms with Gasteiger partial charge in [0.2, 0.25) is 9.76 Å². The van der Waals surface area contributed by atoms with E-state index < -0.39 is 9.76 Å². The molecule has 0 atom stereocenters. The van der Waals surface area contributed by atoms with Crippen LogP contribution in [0.15, 0.2) is 0 Å². The van der Waals surface area contributed by atoms with Crippen molar-refractivity contribution in [2.75, 3.05) is 20.6 Å². The summed E-state index contributed by atoms with van der Waals surface area (Å²) in [5, 5.41) is 0. The predicted octanol–water partition coefficient (Wildman–Crippen LogP) is -0.129. The Morgan fingerprint density at radius 2 is 2.12 bits per heavy atom. The Balaban J connectivity index is 2.72. The molecular weight excluding hydrogens is 118 g/mol. The van der Waals surface area contributed by atoms with Gasteiger partial charge in [0.25, 0.3) is 0 Å². The van der Waals surface area contributed by atoms with Crippen LogP contribution in [0, 0.1) is 0 Å².